The van der Waals surface area contributed by atoms with E-state index in [4.69, 9.17) is 10.5 Å². The maximum Gasteiger partial charge on any atom is 0.119 e. The number of methoxy groups -OCH3 is 1. The van der Waals surface area contributed by atoms with Gasteiger partial charge in [-0.2, -0.15) is 0 Å². The van der Waals surface area contributed by atoms with Crippen LogP contribution in [0.5, 0.6) is 5.75 Å². The number of halogens is 1. The second-order valence-corrected chi connectivity index (χ2v) is 4.51. The van der Waals surface area contributed by atoms with Gasteiger partial charge < -0.3 is 10.5 Å². The fourth-order valence-corrected chi connectivity index (χ4v) is 2.03. The zero-order chi connectivity index (χ0) is 10.8. The topological polar surface area (TPSA) is 35.2 Å². The van der Waals surface area contributed by atoms with Gasteiger partial charge in [-0.25, -0.2) is 0 Å². The molecule has 3 heteroatoms. The highest BCUT2D eigenvalue weighted by molar-refractivity contribution is 5.85. The van der Waals surface area contributed by atoms with E-state index in [2.05, 4.69) is 19.1 Å². The Hall–Kier alpha value is -0.730. The van der Waals surface area contributed by atoms with Crippen LogP contribution in [0.2, 0.25) is 0 Å². The predicted molar refractivity (Wildman–Crippen MR) is 69.2 cm³/mol. The van der Waals surface area contributed by atoms with Crippen molar-refractivity contribution in [3.8, 4) is 5.75 Å². The highest BCUT2D eigenvalue weighted by Gasteiger charge is 2.24. The van der Waals surface area contributed by atoms with Crippen LogP contribution in [0.1, 0.15) is 36.4 Å². The largest absolute Gasteiger partial charge is 0.497 e. The first-order valence-electron chi connectivity index (χ1n) is 5.61. The van der Waals surface area contributed by atoms with Crippen LogP contribution in [0.3, 0.4) is 0 Å². The van der Waals surface area contributed by atoms with E-state index in [0.717, 1.165) is 18.1 Å². The molecule has 1 aromatic carbocycles. The van der Waals surface area contributed by atoms with Gasteiger partial charge >= 0.3 is 0 Å². The quantitative estimate of drug-likeness (QED) is 0.879. The summed E-state index contributed by atoms with van der Waals surface area (Å²) in [4.78, 5) is 0. The Bertz CT molecular complexity index is 350. The van der Waals surface area contributed by atoms with E-state index >= 15 is 0 Å². The normalized spacial score (nSPS) is 16.4. The lowest BCUT2D eigenvalue weighted by molar-refractivity contribution is 0.414. The molecule has 0 aromatic heterocycles. The molecule has 0 bridgehead atoms. The number of benzene rings is 1. The maximum absolute atomic E-state index is 6.19. The lowest BCUT2D eigenvalue weighted by atomic mass is 9.97. The van der Waals surface area contributed by atoms with Crippen molar-refractivity contribution in [1.82, 2.24) is 0 Å². The Morgan fingerprint density at radius 1 is 1.44 bits per heavy atom. The third kappa shape index (κ3) is 3.13. The van der Waals surface area contributed by atoms with Crippen LogP contribution in [0.25, 0.3) is 0 Å². The molecule has 0 radical (unpaired) electrons. The minimum Gasteiger partial charge on any atom is -0.497 e. The highest BCUT2D eigenvalue weighted by atomic mass is 35.5. The molecule has 2 N–H and O–H groups in total. The van der Waals surface area contributed by atoms with Crippen molar-refractivity contribution >= 4 is 12.4 Å². The first kappa shape index (κ1) is 13.3. The first-order valence-corrected chi connectivity index (χ1v) is 5.61. The molecule has 1 saturated carbocycles. The second kappa shape index (κ2) is 5.55. The van der Waals surface area contributed by atoms with Crippen LogP contribution < -0.4 is 10.5 Å². The molecular formula is C13H20ClNO. The number of hydrogen-bond acceptors (Lipinski definition) is 2. The summed E-state index contributed by atoms with van der Waals surface area (Å²) in [6, 6.07) is 6.35. The SMILES string of the molecule is COc1ccc([C@H](N)CC2CC2)c(C)c1.Cl. The van der Waals surface area contributed by atoms with E-state index in [1.807, 2.05) is 6.07 Å². The molecule has 0 heterocycles. The smallest absolute Gasteiger partial charge is 0.119 e. The van der Waals surface area contributed by atoms with Crippen molar-refractivity contribution in [3.05, 3.63) is 29.3 Å². The molecule has 2 nitrogen and oxygen atoms in total. The van der Waals surface area contributed by atoms with Crippen molar-refractivity contribution in [3.63, 3.8) is 0 Å². The highest BCUT2D eigenvalue weighted by Crippen LogP contribution is 2.37. The van der Waals surface area contributed by atoms with Crippen molar-refractivity contribution in [2.45, 2.75) is 32.2 Å². The molecule has 1 aliphatic rings. The van der Waals surface area contributed by atoms with Gasteiger partial charge in [-0.3, -0.25) is 0 Å². The zero-order valence-corrected chi connectivity index (χ0v) is 10.7. The van der Waals surface area contributed by atoms with E-state index < -0.39 is 0 Å². The average molecular weight is 242 g/mol. The summed E-state index contributed by atoms with van der Waals surface area (Å²) in [6.45, 7) is 2.10. The molecule has 1 fully saturated rings. The van der Waals surface area contributed by atoms with E-state index in [9.17, 15) is 0 Å². The Kier molecular flexibility index (Phi) is 4.63. The minimum atomic E-state index is 0. The van der Waals surface area contributed by atoms with Crippen LogP contribution in [0.15, 0.2) is 18.2 Å². The van der Waals surface area contributed by atoms with Crippen LogP contribution in [-0.4, -0.2) is 7.11 Å². The second-order valence-electron chi connectivity index (χ2n) is 4.51. The van der Waals surface area contributed by atoms with E-state index in [1.54, 1.807) is 7.11 Å². The molecule has 0 unspecified atom stereocenters. The lowest BCUT2D eigenvalue weighted by Crippen LogP contribution is -2.12. The molecular weight excluding hydrogens is 222 g/mol. The Balaban J connectivity index is 0.00000128. The predicted octanol–water partition coefficient (Wildman–Crippen LogP) is 3.23. The molecule has 0 saturated heterocycles. The standard InChI is InChI=1S/C13H19NO.ClH/c1-9-7-11(15-2)5-6-12(9)13(14)8-10-3-4-10;/h5-7,10,13H,3-4,8,14H2,1-2H3;1H/t13-;/m1./s1. The third-order valence-corrected chi connectivity index (χ3v) is 3.16. The van der Waals surface area contributed by atoms with Gasteiger partial charge in [0.2, 0.25) is 0 Å². The Morgan fingerprint density at radius 3 is 2.62 bits per heavy atom. The van der Waals surface area contributed by atoms with Crippen LogP contribution >= 0.6 is 12.4 Å². The van der Waals surface area contributed by atoms with Gasteiger partial charge in [0.25, 0.3) is 0 Å². The Labute approximate surface area is 104 Å². The fraction of sp³-hybridized carbons (Fsp3) is 0.538. The Morgan fingerprint density at radius 2 is 2.12 bits per heavy atom. The van der Waals surface area contributed by atoms with Gasteiger partial charge in [0.15, 0.2) is 0 Å². The van der Waals surface area contributed by atoms with Crippen molar-refractivity contribution in [2.24, 2.45) is 11.7 Å². The van der Waals surface area contributed by atoms with Crippen LogP contribution in [-0.2, 0) is 0 Å². The van der Waals surface area contributed by atoms with Gasteiger partial charge in [-0.1, -0.05) is 18.9 Å². The minimum absolute atomic E-state index is 0. The molecule has 0 spiro atoms. The molecule has 2 rings (SSSR count). The zero-order valence-electron chi connectivity index (χ0n) is 9.90. The molecule has 1 aromatic rings. The van der Waals surface area contributed by atoms with Crippen LogP contribution in [0, 0.1) is 12.8 Å². The molecule has 0 aliphatic heterocycles. The summed E-state index contributed by atoms with van der Waals surface area (Å²) in [5.74, 6) is 1.79. The van der Waals surface area contributed by atoms with Crippen LogP contribution in [0.4, 0.5) is 0 Å². The number of nitrogens with two attached hydrogens (primary N) is 1. The summed E-state index contributed by atoms with van der Waals surface area (Å²) in [6.07, 6.45) is 3.86. The van der Waals surface area contributed by atoms with Gasteiger partial charge in [-0.15, -0.1) is 12.4 Å². The third-order valence-electron chi connectivity index (χ3n) is 3.16. The molecule has 1 aliphatic carbocycles. The monoisotopic (exact) mass is 241 g/mol. The van der Waals surface area contributed by atoms with Crippen molar-refractivity contribution in [2.75, 3.05) is 7.11 Å². The number of hydrogen-bond donors (Lipinski definition) is 1. The first-order chi connectivity index (χ1) is 7.20. The number of aryl methyl sites for hydroxylation is 1. The van der Waals surface area contributed by atoms with Gasteiger partial charge in [0.1, 0.15) is 5.75 Å². The summed E-state index contributed by atoms with van der Waals surface area (Å²) in [5.41, 5.74) is 8.69. The fourth-order valence-electron chi connectivity index (χ4n) is 2.03. The van der Waals surface area contributed by atoms with E-state index in [0.29, 0.717) is 0 Å². The molecule has 90 valence electrons. The summed E-state index contributed by atoms with van der Waals surface area (Å²) in [5, 5.41) is 0. The summed E-state index contributed by atoms with van der Waals surface area (Å²) in [7, 11) is 1.69. The van der Waals surface area contributed by atoms with Crippen molar-refractivity contribution < 1.29 is 4.74 Å². The lowest BCUT2D eigenvalue weighted by Gasteiger charge is -2.15. The molecule has 1 atom stereocenters. The maximum atomic E-state index is 6.19. The number of ether oxygens (including phenoxy) is 1. The van der Waals surface area contributed by atoms with Gasteiger partial charge in [0, 0.05) is 6.04 Å². The van der Waals surface area contributed by atoms with E-state index in [-0.39, 0.29) is 18.4 Å². The van der Waals surface area contributed by atoms with Gasteiger partial charge in [0.05, 0.1) is 7.11 Å². The summed E-state index contributed by atoms with van der Waals surface area (Å²) >= 11 is 0. The molecule has 16 heavy (non-hydrogen) atoms. The summed E-state index contributed by atoms with van der Waals surface area (Å²) < 4.78 is 5.18. The van der Waals surface area contributed by atoms with E-state index in [1.165, 1.54) is 24.0 Å². The molecule has 0 amide bonds. The van der Waals surface area contributed by atoms with Gasteiger partial charge in [-0.05, 0) is 42.5 Å². The number of rotatable bonds is 4. The van der Waals surface area contributed by atoms with Crippen molar-refractivity contribution in [1.29, 1.82) is 0 Å². The average Bonchev–Trinajstić information content (AvgIpc) is 3.01.